The Hall–Kier alpha value is -2.67. The van der Waals surface area contributed by atoms with E-state index in [0.717, 1.165) is 24.8 Å². The Morgan fingerprint density at radius 1 is 1.07 bits per heavy atom. The normalized spacial score (nSPS) is 11.6. The van der Waals surface area contributed by atoms with Crippen LogP contribution in [-0.2, 0) is 23.0 Å². The van der Waals surface area contributed by atoms with E-state index in [2.05, 4.69) is 16.7 Å². The molecule has 3 rings (SSSR count). The van der Waals surface area contributed by atoms with Gasteiger partial charge in [0.15, 0.2) is 0 Å². The van der Waals surface area contributed by atoms with E-state index in [4.69, 9.17) is 0 Å². The highest BCUT2D eigenvalue weighted by Crippen LogP contribution is 2.24. The summed E-state index contributed by atoms with van der Waals surface area (Å²) in [4.78, 5) is 0.207. The predicted octanol–water partition coefficient (Wildman–Crippen LogP) is 4.83. The summed E-state index contributed by atoms with van der Waals surface area (Å²) >= 11 is 0. The van der Waals surface area contributed by atoms with Gasteiger partial charge in [-0.1, -0.05) is 43.7 Å². The van der Waals surface area contributed by atoms with Gasteiger partial charge in [-0.25, -0.2) is 12.8 Å². The van der Waals surface area contributed by atoms with Crippen molar-refractivity contribution in [1.29, 1.82) is 0 Å². The topological polar surface area (TPSA) is 64.0 Å². The molecule has 0 unspecified atom stereocenters. The number of halogens is 1. The van der Waals surface area contributed by atoms with Gasteiger partial charge in [-0.2, -0.15) is 5.10 Å². The lowest BCUT2D eigenvalue weighted by atomic mass is 10.1. The quantitative estimate of drug-likeness (QED) is 0.573. The summed E-state index contributed by atoms with van der Waals surface area (Å²) < 4.78 is 43.9. The lowest BCUT2D eigenvalue weighted by Gasteiger charge is -2.10. The van der Waals surface area contributed by atoms with E-state index >= 15 is 0 Å². The van der Waals surface area contributed by atoms with E-state index in [-0.39, 0.29) is 17.3 Å². The summed E-state index contributed by atoms with van der Waals surface area (Å²) in [5, 5.41) is 4.40. The molecular formula is C22H26FN3O2S. The number of benzene rings is 2. The van der Waals surface area contributed by atoms with Crippen molar-refractivity contribution in [2.24, 2.45) is 0 Å². The van der Waals surface area contributed by atoms with Crippen molar-refractivity contribution in [1.82, 2.24) is 9.78 Å². The first kappa shape index (κ1) is 21.0. The van der Waals surface area contributed by atoms with Gasteiger partial charge in [0.1, 0.15) is 5.82 Å². The highest BCUT2D eigenvalue weighted by molar-refractivity contribution is 7.92. The lowest BCUT2D eigenvalue weighted by molar-refractivity contribution is 0.579. The monoisotopic (exact) mass is 415 g/mol. The van der Waals surface area contributed by atoms with Crippen LogP contribution in [0.15, 0.2) is 53.4 Å². The van der Waals surface area contributed by atoms with E-state index in [1.54, 1.807) is 48.9 Å². The molecule has 0 fully saturated rings. The zero-order valence-electron chi connectivity index (χ0n) is 16.9. The third kappa shape index (κ3) is 4.85. The zero-order chi connectivity index (χ0) is 21.0. The maximum Gasteiger partial charge on any atom is 0.262 e. The van der Waals surface area contributed by atoms with Crippen molar-refractivity contribution in [2.75, 3.05) is 4.72 Å². The first-order valence-corrected chi connectivity index (χ1v) is 11.2. The molecule has 0 saturated heterocycles. The van der Waals surface area contributed by atoms with Crippen LogP contribution in [0.5, 0.6) is 0 Å². The van der Waals surface area contributed by atoms with Crippen molar-refractivity contribution in [2.45, 2.75) is 51.5 Å². The molecule has 0 atom stereocenters. The molecule has 1 heterocycles. The van der Waals surface area contributed by atoms with Crippen LogP contribution < -0.4 is 4.72 Å². The number of rotatable bonds is 8. The SMILES string of the molecule is CCCCc1ccc(S(=O)(=O)Nc2c(C)nn(Cc3ccccc3F)c2C)cc1. The molecule has 5 nitrogen and oxygen atoms in total. The van der Waals surface area contributed by atoms with Gasteiger partial charge in [-0.15, -0.1) is 0 Å². The Morgan fingerprint density at radius 2 is 1.76 bits per heavy atom. The zero-order valence-corrected chi connectivity index (χ0v) is 17.8. The Morgan fingerprint density at radius 3 is 2.41 bits per heavy atom. The first-order valence-electron chi connectivity index (χ1n) is 9.71. The summed E-state index contributed by atoms with van der Waals surface area (Å²) in [6.07, 6.45) is 3.10. The molecule has 7 heteroatoms. The number of hydrogen-bond donors (Lipinski definition) is 1. The Balaban J connectivity index is 1.82. The van der Waals surface area contributed by atoms with Gasteiger partial charge in [-0.3, -0.25) is 9.40 Å². The molecule has 1 aromatic heterocycles. The van der Waals surface area contributed by atoms with E-state index < -0.39 is 10.0 Å². The van der Waals surface area contributed by atoms with Crippen molar-refractivity contribution >= 4 is 15.7 Å². The number of anilines is 1. The van der Waals surface area contributed by atoms with Crippen LogP contribution in [0, 0.1) is 19.7 Å². The van der Waals surface area contributed by atoms with Crippen LogP contribution in [0.1, 0.15) is 42.3 Å². The van der Waals surface area contributed by atoms with Crippen LogP contribution in [-0.4, -0.2) is 18.2 Å². The van der Waals surface area contributed by atoms with Gasteiger partial charge < -0.3 is 0 Å². The molecule has 0 aliphatic rings. The standard InChI is InChI=1S/C22H26FN3O2S/c1-4-5-8-18-11-13-20(14-12-18)29(27,28)25-22-16(2)24-26(17(22)3)15-19-9-6-7-10-21(19)23/h6-7,9-14,25H,4-5,8,15H2,1-3H3. The molecule has 0 aliphatic carbocycles. The van der Waals surface area contributed by atoms with Crippen molar-refractivity contribution < 1.29 is 12.8 Å². The number of aryl methyl sites for hydroxylation is 2. The van der Waals surface area contributed by atoms with Gasteiger partial charge in [0.05, 0.1) is 28.5 Å². The van der Waals surface area contributed by atoms with E-state index in [1.165, 1.54) is 6.07 Å². The molecule has 0 spiro atoms. The summed E-state index contributed by atoms with van der Waals surface area (Å²) in [6, 6.07) is 13.4. The Bertz CT molecular complexity index is 1090. The van der Waals surface area contributed by atoms with Crippen molar-refractivity contribution in [3.8, 4) is 0 Å². The molecule has 0 aliphatic heterocycles. The number of sulfonamides is 1. The maximum atomic E-state index is 14.0. The minimum atomic E-state index is -3.74. The van der Waals surface area contributed by atoms with Crippen LogP contribution in [0.2, 0.25) is 0 Å². The van der Waals surface area contributed by atoms with Crippen LogP contribution >= 0.6 is 0 Å². The molecule has 0 saturated carbocycles. The molecule has 154 valence electrons. The fraction of sp³-hybridized carbons (Fsp3) is 0.318. The molecule has 0 radical (unpaired) electrons. The minimum Gasteiger partial charge on any atom is -0.276 e. The van der Waals surface area contributed by atoms with Gasteiger partial charge in [0.2, 0.25) is 0 Å². The molecule has 2 aromatic carbocycles. The average Bonchev–Trinajstić information content (AvgIpc) is 2.95. The highest BCUT2D eigenvalue weighted by atomic mass is 32.2. The molecular weight excluding hydrogens is 389 g/mol. The predicted molar refractivity (Wildman–Crippen MR) is 113 cm³/mol. The van der Waals surface area contributed by atoms with Crippen LogP contribution in [0.25, 0.3) is 0 Å². The lowest BCUT2D eigenvalue weighted by Crippen LogP contribution is -2.14. The smallest absolute Gasteiger partial charge is 0.262 e. The van der Waals surface area contributed by atoms with Crippen molar-refractivity contribution in [3.05, 3.63) is 76.9 Å². The molecule has 29 heavy (non-hydrogen) atoms. The molecule has 0 amide bonds. The van der Waals surface area contributed by atoms with E-state index in [1.807, 2.05) is 12.1 Å². The summed E-state index contributed by atoms with van der Waals surface area (Å²) in [7, 11) is -3.74. The second kappa shape index (κ2) is 8.78. The third-order valence-corrected chi connectivity index (χ3v) is 6.31. The first-order chi connectivity index (χ1) is 13.8. The Kier molecular flexibility index (Phi) is 6.37. The number of unbranched alkanes of at least 4 members (excludes halogenated alkanes) is 1. The fourth-order valence-corrected chi connectivity index (χ4v) is 4.37. The van der Waals surface area contributed by atoms with Crippen LogP contribution in [0.4, 0.5) is 10.1 Å². The molecule has 3 aromatic rings. The number of nitrogens with zero attached hydrogens (tertiary/aromatic N) is 2. The summed E-state index contributed by atoms with van der Waals surface area (Å²) in [5.41, 5.74) is 3.22. The van der Waals surface area contributed by atoms with E-state index in [0.29, 0.717) is 22.6 Å². The third-order valence-electron chi connectivity index (χ3n) is 4.95. The molecule has 1 N–H and O–H groups in total. The van der Waals surface area contributed by atoms with Gasteiger partial charge in [0, 0.05) is 5.56 Å². The highest BCUT2D eigenvalue weighted by Gasteiger charge is 2.20. The molecule has 0 bridgehead atoms. The van der Waals surface area contributed by atoms with Gasteiger partial charge in [-0.05, 0) is 50.5 Å². The summed E-state index contributed by atoms with van der Waals surface area (Å²) in [5.74, 6) is -0.314. The van der Waals surface area contributed by atoms with Crippen LogP contribution in [0.3, 0.4) is 0 Å². The van der Waals surface area contributed by atoms with Gasteiger partial charge >= 0.3 is 0 Å². The second-order valence-corrected chi connectivity index (χ2v) is 8.83. The second-order valence-electron chi connectivity index (χ2n) is 7.15. The largest absolute Gasteiger partial charge is 0.276 e. The van der Waals surface area contributed by atoms with E-state index in [9.17, 15) is 12.8 Å². The summed E-state index contributed by atoms with van der Waals surface area (Å²) in [6.45, 7) is 5.86. The van der Waals surface area contributed by atoms with Gasteiger partial charge in [0.25, 0.3) is 10.0 Å². The average molecular weight is 416 g/mol. The fourth-order valence-electron chi connectivity index (χ4n) is 3.20. The van der Waals surface area contributed by atoms with Crippen molar-refractivity contribution in [3.63, 3.8) is 0 Å². The number of hydrogen-bond acceptors (Lipinski definition) is 3. The minimum absolute atomic E-state index is 0.207. The maximum absolute atomic E-state index is 14.0. The number of aromatic nitrogens is 2. The Labute approximate surface area is 171 Å². The number of nitrogens with one attached hydrogen (secondary N) is 1.